The number of amides is 1. The molecular weight excluding hydrogens is 448 g/mol. The molecule has 4 aromatic rings. The van der Waals surface area contributed by atoms with Gasteiger partial charge in [-0.3, -0.25) is 4.79 Å². The zero-order chi connectivity index (χ0) is 21.1. The van der Waals surface area contributed by atoms with Crippen LogP contribution in [-0.2, 0) is 9.53 Å². The topological polar surface area (TPSA) is 81.4 Å². The third-order valence-corrected chi connectivity index (χ3v) is 4.96. The number of fused-ring (bicyclic) bond motifs is 1. The van der Waals surface area contributed by atoms with Gasteiger partial charge in [0.1, 0.15) is 5.52 Å². The van der Waals surface area contributed by atoms with Gasteiger partial charge in [-0.05, 0) is 55.5 Å². The van der Waals surface area contributed by atoms with Crippen LogP contribution >= 0.6 is 15.9 Å². The van der Waals surface area contributed by atoms with Gasteiger partial charge < -0.3 is 14.5 Å². The van der Waals surface area contributed by atoms with Crippen molar-refractivity contribution in [1.29, 1.82) is 0 Å². The lowest BCUT2D eigenvalue weighted by molar-refractivity contribution is -0.123. The highest BCUT2D eigenvalue weighted by atomic mass is 79.9. The fourth-order valence-corrected chi connectivity index (χ4v) is 3.15. The predicted molar refractivity (Wildman–Crippen MR) is 117 cm³/mol. The van der Waals surface area contributed by atoms with E-state index in [1.165, 1.54) is 6.92 Å². The van der Waals surface area contributed by atoms with Crippen molar-refractivity contribution in [2.24, 2.45) is 0 Å². The molecule has 150 valence electrons. The number of hydrogen-bond acceptors (Lipinski definition) is 5. The number of nitrogens with zero attached hydrogens (tertiary/aromatic N) is 1. The molecule has 0 saturated heterocycles. The van der Waals surface area contributed by atoms with Gasteiger partial charge in [0, 0.05) is 10.2 Å². The number of halogens is 1. The summed E-state index contributed by atoms with van der Waals surface area (Å²) in [5.74, 6) is -0.743. The Morgan fingerprint density at radius 1 is 1.00 bits per heavy atom. The van der Waals surface area contributed by atoms with Gasteiger partial charge in [0.15, 0.2) is 11.7 Å². The maximum absolute atomic E-state index is 12.8. The summed E-state index contributed by atoms with van der Waals surface area (Å²) in [6, 6.07) is 21.3. The van der Waals surface area contributed by atoms with Crippen molar-refractivity contribution >= 4 is 44.6 Å². The minimum absolute atomic E-state index is 0.271. The Morgan fingerprint density at radius 3 is 2.47 bits per heavy atom. The van der Waals surface area contributed by atoms with Crippen molar-refractivity contribution in [3.8, 4) is 11.5 Å². The number of rotatable bonds is 5. The summed E-state index contributed by atoms with van der Waals surface area (Å²) in [4.78, 5) is 29.6. The molecule has 30 heavy (non-hydrogen) atoms. The van der Waals surface area contributed by atoms with Crippen LogP contribution in [0.1, 0.15) is 17.3 Å². The molecule has 0 aliphatic heterocycles. The molecule has 6 nitrogen and oxygen atoms in total. The number of aromatic nitrogens is 1. The number of ether oxygens (including phenoxy) is 1. The fraction of sp³-hybridized carbons (Fsp3) is 0.0870. The molecule has 1 N–H and O–H groups in total. The van der Waals surface area contributed by atoms with Gasteiger partial charge in [0.05, 0.1) is 11.1 Å². The zero-order valence-corrected chi connectivity index (χ0v) is 17.5. The van der Waals surface area contributed by atoms with Crippen molar-refractivity contribution < 1.29 is 18.7 Å². The summed E-state index contributed by atoms with van der Waals surface area (Å²) in [6.45, 7) is 1.52. The summed E-state index contributed by atoms with van der Waals surface area (Å²) in [7, 11) is 0. The molecule has 0 aliphatic rings. The lowest BCUT2D eigenvalue weighted by atomic mass is 10.1. The first-order chi connectivity index (χ1) is 14.5. The van der Waals surface area contributed by atoms with E-state index in [-0.39, 0.29) is 5.56 Å². The number of anilines is 1. The largest absolute Gasteiger partial charge is 0.449 e. The second kappa shape index (κ2) is 8.51. The van der Waals surface area contributed by atoms with Crippen molar-refractivity contribution in [3.63, 3.8) is 0 Å². The molecule has 0 radical (unpaired) electrons. The SMILES string of the molecule is CC(OC(=O)c1ccccc1-c1nc2ccccc2o1)C(=O)Nc1ccc(Br)cc1. The highest BCUT2D eigenvalue weighted by Crippen LogP contribution is 2.27. The number of benzene rings is 3. The van der Waals surface area contributed by atoms with Crippen LogP contribution in [0.5, 0.6) is 0 Å². The van der Waals surface area contributed by atoms with Gasteiger partial charge in [0.2, 0.25) is 5.89 Å². The Morgan fingerprint density at radius 2 is 1.70 bits per heavy atom. The van der Waals surface area contributed by atoms with Gasteiger partial charge in [0.25, 0.3) is 5.91 Å². The molecule has 0 saturated carbocycles. The van der Waals surface area contributed by atoms with E-state index in [1.807, 2.05) is 30.3 Å². The highest BCUT2D eigenvalue weighted by molar-refractivity contribution is 9.10. The smallest absolute Gasteiger partial charge is 0.339 e. The Balaban J connectivity index is 1.52. The summed E-state index contributed by atoms with van der Waals surface area (Å²) in [5.41, 5.74) is 2.69. The van der Waals surface area contributed by atoms with Crippen LogP contribution < -0.4 is 5.32 Å². The Kier molecular flexibility index (Phi) is 5.63. The Labute approximate surface area is 181 Å². The molecule has 7 heteroatoms. The number of carbonyl (C=O) groups is 2. The normalized spacial score (nSPS) is 11.8. The van der Waals surface area contributed by atoms with Crippen LogP contribution in [0, 0.1) is 0 Å². The molecular formula is C23H17BrN2O4. The average molecular weight is 465 g/mol. The van der Waals surface area contributed by atoms with E-state index >= 15 is 0 Å². The summed E-state index contributed by atoms with van der Waals surface area (Å²) < 4.78 is 12.1. The summed E-state index contributed by atoms with van der Waals surface area (Å²) in [6.07, 6.45) is -0.988. The second-order valence-corrected chi connectivity index (χ2v) is 7.49. The standard InChI is InChI=1S/C23H17BrN2O4/c1-14(21(27)25-16-12-10-15(24)11-13-16)29-23(28)18-7-3-2-6-17(18)22-26-19-8-4-5-9-20(19)30-22/h2-14H,1H3,(H,25,27). The molecule has 4 rings (SSSR count). The van der Waals surface area contributed by atoms with Crippen molar-refractivity contribution in [1.82, 2.24) is 4.98 Å². The van der Waals surface area contributed by atoms with E-state index in [9.17, 15) is 9.59 Å². The van der Waals surface area contributed by atoms with Crippen LogP contribution in [0.25, 0.3) is 22.6 Å². The van der Waals surface area contributed by atoms with Crippen molar-refractivity contribution in [2.45, 2.75) is 13.0 Å². The molecule has 0 fully saturated rings. The molecule has 0 bridgehead atoms. The maximum atomic E-state index is 12.8. The summed E-state index contributed by atoms with van der Waals surface area (Å²) in [5, 5.41) is 2.72. The van der Waals surface area contributed by atoms with E-state index in [2.05, 4.69) is 26.2 Å². The molecule has 0 aliphatic carbocycles. The van der Waals surface area contributed by atoms with Crippen LogP contribution in [0.2, 0.25) is 0 Å². The lowest BCUT2D eigenvalue weighted by Gasteiger charge is -2.14. The number of nitrogens with one attached hydrogen (secondary N) is 1. The van der Waals surface area contributed by atoms with E-state index in [0.717, 1.165) is 4.47 Å². The minimum atomic E-state index is -0.988. The van der Waals surface area contributed by atoms with Crippen molar-refractivity contribution in [2.75, 3.05) is 5.32 Å². The lowest BCUT2D eigenvalue weighted by Crippen LogP contribution is -2.30. The number of carbonyl (C=O) groups excluding carboxylic acids is 2. The van der Waals surface area contributed by atoms with Gasteiger partial charge in [-0.1, -0.05) is 40.2 Å². The number of esters is 1. The monoisotopic (exact) mass is 464 g/mol. The predicted octanol–water partition coefficient (Wildman–Crippen LogP) is 5.44. The molecule has 1 amide bonds. The van der Waals surface area contributed by atoms with Gasteiger partial charge in [-0.2, -0.15) is 0 Å². The molecule has 3 aromatic carbocycles. The van der Waals surface area contributed by atoms with Gasteiger partial charge in [-0.25, -0.2) is 9.78 Å². The van der Waals surface area contributed by atoms with Crippen LogP contribution in [-0.4, -0.2) is 23.0 Å². The second-order valence-electron chi connectivity index (χ2n) is 6.58. The van der Waals surface area contributed by atoms with E-state index in [1.54, 1.807) is 42.5 Å². The van der Waals surface area contributed by atoms with E-state index in [4.69, 9.17) is 9.15 Å². The maximum Gasteiger partial charge on any atom is 0.339 e. The zero-order valence-electron chi connectivity index (χ0n) is 16.0. The minimum Gasteiger partial charge on any atom is -0.449 e. The highest BCUT2D eigenvalue weighted by Gasteiger charge is 2.23. The van der Waals surface area contributed by atoms with Gasteiger partial charge in [-0.15, -0.1) is 0 Å². The van der Waals surface area contributed by atoms with Crippen LogP contribution in [0.3, 0.4) is 0 Å². The summed E-state index contributed by atoms with van der Waals surface area (Å²) >= 11 is 3.34. The number of oxazole rings is 1. The third kappa shape index (κ3) is 4.26. The van der Waals surface area contributed by atoms with Crippen LogP contribution in [0.15, 0.2) is 81.7 Å². The van der Waals surface area contributed by atoms with E-state index in [0.29, 0.717) is 28.2 Å². The average Bonchev–Trinajstić information content (AvgIpc) is 3.19. The molecule has 1 heterocycles. The molecule has 1 aromatic heterocycles. The fourth-order valence-electron chi connectivity index (χ4n) is 2.89. The first kappa shape index (κ1) is 19.8. The van der Waals surface area contributed by atoms with Gasteiger partial charge >= 0.3 is 5.97 Å². The Bertz CT molecular complexity index is 1180. The number of hydrogen-bond donors (Lipinski definition) is 1. The molecule has 1 unspecified atom stereocenters. The first-order valence-corrected chi connectivity index (χ1v) is 10.0. The third-order valence-electron chi connectivity index (χ3n) is 4.44. The van der Waals surface area contributed by atoms with E-state index < -0.39 is 18.0 Å². The quantitative estimate of drug-likeness (QED) is 0.397. The Hall–Kier alpha value is -3.45. The number of para-hydroxylation sites is 2. The molecule has 0 spiro atoms. The first-order valence-electron chi connectivity index (χ1n) is 9.23. The van der Waals surface area contributed by atoms with Crippen molar-refractivity contribution in [3.05, 3.63) is 82.8 Å². The molecule has 1 atom stereocenters. The van der Waals surface area contributed by atoms with Crippen LogP contribution in [0.4, 0.5) is 5.69 Å².